The summed E-state index contributed by atoms with van der Waals surface area (Å²) in [4.78, 5) is 0. The summed E-state index contributed by atoms with van der Waals surface area (Å²) >= 11 is 0. The molecule has 2 heterocycles. The highest BCUT2D eigenvalue weighted by molar-refractivity contribution is 5.48. The van der Waals surface area contributed by atoms with Gasteiger partial charge in [-0.2, -0.15) is 5.10 Å². The molecule has 0 aromatic carbocycles. The molecule has 0 atom stereocenters. The quantitative estimate of drug-likeness (QED) is 0.741. The molecule has 0 aliphatic heterocycles. The van der Waals surface area contributed by atoms with Gasteiger partial charge in [-0.25, -0.2) is 0 Å². The molecule has 2 rings (SSSR count). The highest BCUT2D eigenvalue weighted by Crippen LogP contribution is 2.21. The van der Waals surface area contributed by atoms with Crippen molar-refractivity contribution in [1.29, 1.82) is 0 Å². The van der Waals surface area contributed by atoms with E-state index in [0.29, 0.717) is 0 Å². The zero-order valence-electron chi connectivity index (χ0n) is 8.52. The largest absolute Gasteiger partial charge is 0.307 e. The zero-order chi connectivity index (χ0) is 10.2. The van der Waals surface area contributed by atoms with Gasteiger partial charge in [0.25, 0.3) is 0 Å². The van der Waals surface area contributed by atoms with Crippen LogP contribution in [0.2, 0.25) is 0 Å². The first-order valence-corrected chi connectivity index (χ1v) is 4.49. The molecule has 2 aromatic heterocycles. The predicted molar refractivity (Wildman–Crippen MR) is 52.6 cm³/mol. The lowest BCUT2D eigenvalue weighted by molar-refractivity contribution is 0.399. The second-order valence-electron chi connectivity index (χ2n) is 4.17. The normalized spacial score (nSPS) is 11.9. The third kappa shape index (κ3) is 1.41. The average molecular weight is 191 g/mol. The molecule has 0 spiro atoms. The van der Waals surface area contributed by atoms with E-state index >= 15 is 0 Å². The maximum Gasteiger partial charge on any atom is 0.182 e. The topological polar surface area (TPSA) is 59.4 Å². The fraction of sp³-hybridized carbons (Fsp3) is 0.444. The maximum atomic E-state index is 4.07. The van der Waals surface area contributed by atoms with Crippen LogP contribution < -0.4 is 0 Å². The fourth-order valence-electron chi connectivity index (χ4n) is 1.29. The molecule has 0 aliphatic rings. The first-order valence-electron chi connectivity index (χ1n) is 4.49. The number of aromatic amines is 1. The average Bonchev–Trinajstić information content (AvgIpc) is 2.73. The Labute approximate surface area is 82.2 Å². The fourth-order valence-corrected chi connectivity index (χ4v) is 1.29. The van der Waals surface area contributed by atoms with Gasteiger partial charge in [-0.3, -0.25) is 5.10 Å². The SMILES string of the molecule is CC(C)(C)n1cnnc1-c1ccn[nH]1. The molecular formula is C9H13N5. The van der Waals surface area contributed by atoms with Crippen LogP contribution >= 0.6 is 0 Å². The molecule has 0 radical (unpaired) electrons. The standard InChI is InChI=1S/C9H13N5/c1-9(2,3)14-6-11-13-8(14)7-4-5-10-12-7/h4-6H,1-3H3,(H,10,12). The zero-order valence-corrected chi connectivity index (χ0v) is 8.52. The Morgan fingerprint density at radius 3 is 2.71 bits per heavy atom. The maximum absolute atomic E-state index is 4.07. The number of nitrogens with one attached hydrogen (secondary N) is 1. The minimum atomic E-state index is -0.0239. The van der Waals surface area contributed by atoms with Gasteiger partial charge >= 0.3 is 0 Å². The van der Waals surface area contributed by atoms with E-state index in [4.69, 9.17) is 0 Å². The number of aromatic nitrogens is 5. The Morgan fingerprint density at radius 1 is 1.36 bits per heavy atom. The number of nitrogens with zero attached hydrogens (tertiary/aromatic N) is 4. The second-order valence-corrected chi connectivity index (χ2v) is 4.17. The summed E-state index contributed by atoms with van der Waals surface area (Å²) in [6.07, 6.45) is 3.44. The molecular weight excluding hydrogens is 178 g/mol. The van der Waals surface area contributed by atoms with E-state index in [0.717, 1.165) is 11.5 Å². The molecule has 0 saturated heterocycles. The highest BCUT2D eigenvalue weighted by atomic mass is 15.3. The van der Waals surface area contributed by atoms with Crippen molar-refractivity contribution < 1.29 is 0 Å². The second kappa shape index (κ2) is 2.94. The number of rotatable bonds is 1. The van der Waals surface area contributed by atoms with Gasteiger partial charge in [0.1, 0.15) is 12.0 Å². The molecule has 0 fully saturated rings. The lowest BCUT2D eigenvalue weighted by Gasteiger charge is -2.21. The number of hydrogen-bond donors (Lipinski definition) is 1. The van der Waals surface area contributed by atoms with Crippen molar-refractivity contribution >= 4 is 0 Å². The summed E-state index contributed by atoms with van der Waals surface area (Å²) in [5.74, 6) is 0.815. The van der Waals surface area contributed by atoms with E-state index in [1.165, 1.54) is 0 Å². The van der Waals surface area contributed by atoms with Crippen LogP contribution in [0.1, 0.15) is 20.8 Å². The van der Waals surface area contributed by atoms with Crippen LogP contribution in [0.4, 0.5) is 0 Å². The first-order chi connectivity index (χ1) is 6.59. The van der Waals surface area contributed by atoms with E-state index < -0.39 is 0 Å². The van der Waals surface area contributed by atoms with E-state index in [2.05, 4.69) is 41.2 Å². The van der Waals surface area contributed by atoms with Crippen molar-refractivity contribution in [3.63, 3.8) is 0 Å². The summed E-state index contributed by atoms with van der Waals surface area (Å²) < 4.78 is 2.01. The Morgan fingerprint density at radius 2 is 2.14 bits per heavy atom. The Bertz CT molecular complexity index is 407. The molecule has 0 bridgehead atoms. The number of hydrogen-bond acceptors (Lipinski definition) is 3. The summed E-state index contributed by atoms with van der Waals surface area (Å²) in [6, 6.07) is 1.88. The van der Waals surface area contributed by atoms with Crippen molar-refractivity contribution in [1.82, 2.24) is 25.0 Å². The van der Waals surface area contributed by atoms with Crippen molar-refractivity contribution in [2.75, 3.05) is 0 Å². The van der Waals surface area contributed by atoms with Crippen LogP contribution in [0.25, 0.3) is 11.5 Å². The van der Waals surface area contributed by atoms with Crippen molar-refractivity contribution in [3.8, 4) is 11.5 Å². The smallest absolute Gasteiger partial charge is 0.182 e. The van der Waals surface area contributed by atoms with Gasteiger partial charge in [-0.1, -0.05) is 0 Å². The van der Waals surface area contributed by atoms with E-state index in [1.54, 1.807) is 12.5 Å². The Balaban J connectivity index is 2.51. The van der Waals surface area contributed by atoms with Gasteiger partial charge in [-0.05, 0) is 26.8 Å². The van der Waals surface area contributed by atoms with Gasteiger partial charge < -0.3 is 4.57 Å². The lowest BCUT2D eigenvalue weighted by Crippen LogP contribution is -2.21. The Kier molecular flexibility index (Phi) is 1.87. The molecule has 14 heavy (non-hydrogen) atoms. The lowest BCUT2D eigenvalue weighted by atomic mass is 10.1. The van der Waals surface area contributed by atoms with E-state index in [-0.39, 0.29) is 5.54 Å². The summed E-state index contributed by atoms with van der Waals surface area (Å²) in [7, 11) is 0. The van der Waals surface area contributed by atoms with Gasteiger partial charge in [-0.15, -0.1) is 10.2 Å². The highest BCUT2D eigenvalue weighted by Gasteiger charge is 2.19. The van der Waals surface area contributed by atoms with Crippen LogP contribution in [0.5, 0.6) is 0 Å². The first kappa shape index (κ1) is 8.93. The van der Waals surface area contributed by atoms with Crippen LogP contribution in [0.15, 0.2) is 18.6 Å². The van der Waals surface area contributed by atoms with Crippen molar-refractivity contribution in [3.05, 3.63) is 18.6 Å². The Hall–Kier alpha value is -1.65. The molecule has 0 saturated carbocycles. The number of H-pyrrole nitrogens is 1. The predicted octanol–water partition coefficient (Wildman–Crippen LogP) is 1.42. The molecule has 74 valence electrons. The van der Waals surface area contributed by atoms with Crippen LogP contribution in [-0.2, 0) is 5.54 Å². The molecule has 0 amide bonds. The van der Waals surface area contributed by atoms with Gasteiger partial charge in [0, 0.05) is 11.7 Å². The monoisotopic (exact) mass is 191 g/mol. The summed E-state index contributed by atoms with van der Waals surface area (Å²) in [5.41, 5.74) is 0.863. The molecule has 5 nitrogen and oxygen atoms in total. The van der Waals surface area contributed by atoms with Crippen molar-refractivity contribution in [2.45, 2.75) is 26.3 Å². The van der Waals surface area contributed by atoms with Gasteiger partial charge in [0.2, 0.25) is 0 Å². The third-order valence-electron chi connectivity index (χ3n) is 2.01. The summed E-state index contributed by atoms with van der Waals surface area (Å²) in [5, 5.41) is 14.8. The van der Waals surface area contributed by atoms with E-state index in [1.807, 2.05) is 10.6 Å². The van der Waals surface area contributed by atoms with Crippen LogP contribution in [0.3, 0.4) is 0 Å². The molecule has 0 aliphatic carbocycles. The third-order valence-corrected chi connectivity index (χ3v) is 2.01. The summed E-state index contributed by atoms with van der Waals surface area (Å²) in [6.45, 7) is 6.32. The van der Waals surface area contributed by atoms with Crippen LogP contribution in [0, 0.1) is 0 Å². The minimum absolute atomic E-state index is 0.0239. The van der Waals surface area contributed by atoms with Gasteiger partial charge in [0.15, 0.2) is 5.82 Å². The van der Waals surface area contributed by atoms with E-state index in [9.17, 15) is 0 Å². The molecule has 1 N–H and O–H groups in total. The molecule has 2 aromatic rings. The van der Waals surface area contributed by atoms with Gasteiger partial charge in [0.05, 0.1) is 0 Å². The minimum Gasteiger partial charge on any atom is -0.307 e. The van der Waals surface area contributed by atoms with Crippen molar-refractivity contribution in [2.24, 2.45) is 0 Å². The molecule has 0 unspecified atom stereocenters. The van der Waals surface area contributed by atoms with Crippen LogP contribution in [-0.4, -0.2) is 25.0 Å². The molecule has 5 heteroatoms.